The highest BCUT2D eigenvalue weighted by Gasteiger charge is 2.31. The molecular formula is C23H39N7O. The number of hydrogen-bond acceptors (Lipinski definition) is 5. The number of piperidine rings is 1. The van der Waals surface area contributed by atoms with E-state index in [1.165, 1.54) is 0 Å². The van der Waals surface area contributed by atoms with E-state index >= 15 is 0 Å². The van der Waals surface area contributed by atoms with Crippen LogP contribution in [-0.2, 0) is 11.3 Å². The smallest absolute Gasteiger partial charge is 0.220 e. The van der Waals surface area contributed by atoms with E-state index in [4.69, 9.17) is 10.7 Å². The molecule has 31 heavy (non-hydrogen) atoms. The molecular weight excluding hydrogens is 390 g/mol. The molecule has 2 atom stereocenters. The van der Waals surface area contributed by atoms with Gasteiger partial charge in [0.2, 0.25) is 5.91 Å². The molecule has 8 nitrogen and oxygen atoms in total. The fourth-order valence-electron chi connectivity index (χ4n) is 4.49. The lowest BCUT2D eigenvalue weighted by Gasteiger charge is -2.32. The standard InChI is InChI=1S/C23H39N7O/c1-5-25-23(28-20-15-30(16(2)3)14-17(20)4)27-13-19-7-6-10-26-22(19)29-11-8-18(9-12-29)21(24)31/h6-7,10,16-18,20H,5,8-9,11-15H2,1-4H3,(H2,24,31)(H2,25,27,28). The number of aliphatic imine (C=N–C) groups is 1. The first-order valence-corrected chi connectivity index (χ1v) is 11.7. The van der Waals surface area contributed by atoms with Gasteiger partial charge < -0.3 is 21.3 Å². The molecule has 2 fully saturated rings. The van der Waals surface area contributed by atoms with Gasteiger partial charge in [0.25, 0.3) is 0 Å². The molecule has 2 aliphatic rings. The van der Waals surface area contributed by atoms with Gasteiger partial charge in [0.1, 0.15) is 5.82 Å². The van der Waals surface area contributed by atoms with Crippen LogP contribution in [0.2, 0.25) is 0 Å². The Labute approximate surface area is 186 Å². The lowest BCUT2D eigenvalue weighted by atomic mass is 9.96. The number of nitrogens with one attached hydrogen (secondary N) is 2. The maximum atomic E-state index is 11.5. The molecule has 172 valence electrons. The Morgan fingerprint density at radius 1 is 1.32 bits per heavy atom. The summed E-state index contributed by atoms with van der Waals surface area (Å²) in [6.45, 7) is 14.0. The van der Waals surface area contributed by atoms with Gasteiger partial charge in [-0.3, -0.25) is 9.69 Å². The molecule has 3 rings (SSSR count). The van der Waals surface area contributed by atoms with Crippen LogP contribution < -0.4 is 21.3 Å². The zero-order chi connectivity index (χ0) is 22.4. The Kier molecular flexibility index (Phi) is 8.12. The average Bonchev–Trinajstić information content (AvgIpc) is 3.13. The fourth-order valence-corrected chi connectivity index (χ4v) is 4.49. The van der Waals surface area contributed by atoms with Crippen molar-refractivity contribution in [2.45, 2.75) is 59.2 Å². The third kappa shape index (κ3) is 6.09. The van der Waals surface area contributed by atoms with Gasteiger partial charge in [0, 0.05) is 62.5 Å². The van der Waals surface area contributed by atoms with Gasteiger partial charge in [-0.05, 0) is 45.6 Å². The van der Waals surface area contributed by atoms with Crippen molar-refractivity contribution < 1.29 is 4.79 Å². The highest BCUT2D eigenvalue weighted by atomic mass is 16.1. The molecule has 0 aromatic carbocycles. The van der Waals surface area contributed by atoms with Crippen molar-refractivity contribution in [3.8, 4) is 0 Å². The third-order valence-corrected chi connectivity index (χ3v) is 6.51. The largest absolute Gasteiger partial charge is 0.369 e. The van der Waals surface area contributed by atoms with Gasteiger partial charge >= 0.3 is 0 Å². The maximum absolute atomic E-state index is 11.5. The molecule has 2 unspecified atom stereocenters. The molecule has 8 heteroatoms. The number of hydrogen-bond donors (Lipinski definition) is 3. The summed E-state index contributed by atoms with van der Waals surface area (Å²) in [7, 11) is 0. The molecule has 0 aliphatic carbocycles. The summed E-state index contributed by atoms with van der Waals surface area (Å²) in [5.41, 5.74) is 6.58. The van der Waals surface area contributed by atoms with Crippen molar-refractivity contribution in [3.63, 3.8) is 0 Å². The van der Waals surface area contributed by atoms with Crippen LogP contribution in [-0.4, -0.2) is 66.6 Å². The second kappa shape index (κ2) is 10.8. The van der Waals surface area contributed by atoms with E-state index in [0.717, 1.165) is 62.9 Å². The Bertz CT molecular complexity index is 758. The number of anilines is 1. The quantitative estimate of drug-likeness (QED) is 0.449. The highest BCUT2D eigenvalue weighted by Crippen LogP contribution is 2.25. The van der Waals surface area contributed by atoms with Crippen molar-refractivity contribution >= 4 is 17.7 Å². The molecule has 0 spiro atoms. The molecule has 3 heterocycles. The normalized spacial score (nSPS) is 23.4. The number of nitrogens with zero attached hydrogens (tertiary/aromatic N) is 4. The van der Waals surface area contributed by atoms with E-state index in [0.29, 0.717) is 24.5 Å². The van der Waals surface area contributed by atoms with Gasteiger partial charge in [-0.15, -0.1) is 0 Å². The second-order valence-electron chi connectivity index (χ2n) is 9.12. The Morgan fingerprint density at radius 3 is 2.68 bits per heavy atom. The number of primary amides is 1. The lowest BCUT2D eigenvalue weighted by Crippen LogP contribution is -2.46. The molecule has 1 amide bonds. The van der Waals surface area contributed by atoms with Gasteiger partial charge in [-0.2, -0.15) is 0 Å². The molecule has 1 aromatic heterocycles. The molecule has 2 saturated heterocycles. The minimum absolute atomic E-state index is 0.0233. The van der Waals surface area contributed by atoms with Gasteiger partial charge in [-0.1, -0.05) is 13.0 Å². The van der Waals surface area contributed by atoms with Crippen molar-refractivity contribution in [3.05, 3.63) is 23.9 Å². The first-order chi connectivity index (χ1) is 14.9. The van der Waals surface area contributed by atoms with Crippen molar-refractivity contribution in [2.75, 3.05) is 37.6 Å². The van der Waals surface area contributed by atoms with E-state index in [9.17, 15) is 4.79 Å². The summed E-state index contributed by atoms with van der Waals surface area (Å²) in [4.78, 5) is 25.8. The van der Waals surface area contributed by atoms with Crippen molar-refractivity contribution in [2.24, 2.45) is 22.6 Å². The Hall–Kier alpha value is -2.35. The first-order valence-electron chi connectivity index (χ1n) is 11.7. The van der Waals surface area contributed by atoms with Crippen LogP contribution in [0.5, 0.6) is 0 Å². The number of guanidine groups is 1. The summed E-state index contributed by atoms with van der Waals surface area (Å²) in [6.07, 6.45) is 3.39. The van der Waals surface area contributed by atoms with Crippen LogP contribution in [0.1, 0.15) is 46.1 Å². The van der Waals surface area contributed by atoms with Crippen LogP contribution >= 0.6 is 0 Å². The predicted octanol–water partition coefficient (Wildman–Crippen LogP) is 1.57. The molecule has 0 radical (unpaired) electrons. The summed E-state index contributed by atoms with van der Waals surface area (Å²) >= 11 is 0. The maximum Gasteiger partial charge on any atom is 0.220 e. The number of carbonyl (C=O) groups is 1. The van der Waals surface area contributed by atoms with Gasteiger partial charge in [0.05, 0.1) is 6.54 Å². The molecule has 2 aliphatic heterocycles. The predicted molar refractivity (Wildman–Crippen MR) is 126 cm³/mol. The fraction of sp³-hybridized carbons (Fsp3) is 0.696. The lowest BCUT2D eigenvalue weighted by molar-refractivity contribution is -0.122. The zero-order valence-corrected chi connectivity index (χ0v) is 19.5. The van der Waals surface area contributed by atoms with E-state index in [2.05, 4.69) is 59.2 Å². The monoisotopic (exact) mass is 429 g/mol. The first kappa shape index (κ1) is 23.3. The van der Waals surface area contributed by atoms with E-state index in [1.54, 1.807) is 0 Å². The number of amides is 1. The molecule has 4 N–H and O–H groups in total. The Balaban J connectivity index is 1.67. The molecule has 0 saturated carbocycles. The van der Waals surface area contributed by atoms with Crippen LogP contribution in [0.3, 0.4) is 0 Å². The topological polar surface area (TPSA) is 98.9 Å². The minimum Gasteiger partial charge on any atom is -0.369 e. The number of carbonyl (C=O) groups excluding carboxylic acids is 1. The minimum atomic E-state index is -0.191. The van der Waals surface area contributed by atoms with Crippen molar-refractivity contribution in [1.82, 2.24) is 20.5 Å². The zero-order valence-electron chi connectivity index (χ0n) is 19.5. The molecule has 0 bridgehead atoms. The van der Waals surface area contributed by atoms with E-state index in [1.807, 2.05) is 12.3 Å². The van der Waals surface area contributed by atoms with Gasteiger partial charge in [0.15, 0.2) is 5.96 Å². The van der Waals surface area contributed by atoms with Crippen LogP contribution in [0.25, 0.3) is 0 Å². The van der Waals surface area contributed by atoms with Crippen LogP contribution in [0.4, 0.5) is 5.82 Å². The van der Waals surface area contributed by atoms with Gasteiger partial charge in [-0.25, -0.2) is 9.98 Å². The average molecular weight is 430 g/mol. The molecule has 1 aromatic rings. The van der Waals surface area contributed by atoms with E-state index in [-0.39, 0.29) is 11.8 Å². The highest BCUT2D eigenvalue weighted by molar-refractivity contribution is 5.80. The summed E-state index contributed by atoms with van der Waals surface area (Å²) in [5, 5.41) is 7.05. The summed E-state index contributed by atoms with van der Waals surface area (Å²) < 4.78 is 0. The summed E-state index contributed by atoms with van der Waals surface area (Å²) in [6, 6.07) is 5.01. The number of likely N-dealkylation sites (tertiary alicyclic amines) is 1. The SMILES string of the molecule is CCNC(=NCc1cccnc1N1CCC(C(N)=O)CC1)NC1CN(C(C)C)CC1C. The number of aromatic nitrogens is 1. The number of rotatable bonds is 7. The van der Waals surface area contributed by atoms with Crippen LogP contribution in [0, 0.1) is 11.8 Å². The van der Waals surface area contributed by atoms with Crippen molar-refractivity contribution in [1.29, 1.82) is 0 Å². The third-order valence-electron chi connectivity index (χ3n) is 6.51. The second-order valence-corrected chi connectivity index (χ2v) is 9.12. The number of pyridine rings is 1. The number of nitrogens with two attached hydrogens (primary N) is 1. The van der Waals surface area contributed by atoms with E-state index < -0.39 is 0 Å². The van der Waals surface area contributed by atoms with Crippen LogP contribution in [0.15, 0.2) is 23.3 Å². The Morgan fingerprint density at radius 2 is 2.06 bits per heavy atom. The summed E-state index contributed by atoms with van der Waals surface area (Å²) in [5.74, 6) is 2.18.